The third-order valence-corrected chi connectivity index (χ3v) is 4.33. The highest BCUT2D eigenvalue weighted by Gasteiger charge is 2.22. The van der Waals surface area contributed by atoms with Gasteiger partial charge in [0.05, 0.1) is 11.4 Å². The molecule has 17 heavy (non-hydrogen) atoms. The van der Waals surface area contributed by atoms with Gasteiger partial charge in [0.25, 0.3) is 0 Å². The van der Waals surface area contributed by atoms with Gasteiger partial charge in [0.2, 0.25) is 0 Å². The van der Waals surface area contributed by atoms with Crippen molar-refractivity contribution in [2.75, 3.05) is 35.2 Å². The summed E-state index contributed by atoms with van der Waals surface area (Å²) < 4.78 is 13.4. The van der Waals surface area contributed by atoms with E-state index in [0.717, 1.165) is 54.8 Å². The van der Waals surface area contributed by atoms with Crippen molar-refractivity contribution in [2.45, 2.75) is 26.8 Å². The minimum absolute atomic E-state index is 0.657. The highest BCUT2D eigenvalue weighted by Crippen LogP contribution is 2.27. The number of hydrogen-bond acceptors (Lipinski definition) is 4. The normalized spacial score (nSPS) is 17.6. The molecule has 2 N–H and O–H groups in total. The molecule has 2 heterocycles. The van der Waals surface area contributed by atoms with Crippen LogP contribution in [-0.4, -0.2) is 38.6 Å². The van der Waals surface area contributed by atoms with Gasteiger partial charge in [-0.3, -0.25) is 4.21 Å². The standard InChI is InChI=1S/C11H20N4OS/c1-3-4-15-11(10(12)9(2)13-15)14-5-7-17(16)8-6-14/h3-8,12H2,1-2H3. The van der Waals surface area contributed by atoms with Crippen LogP contribution in [0, 0.1) is 6.92 Å². The van der Waals surface area contributed by atoms with Gasteiger partial charge in [-0.2, -0.15) is 5.10 Å². The van der Waals surface area contributed by atoms with Crippen LogP contribution in [0.4, 0.5) is 11.5 Å². The summed E-state index contributed by atoms with van der Waals surface area (Å²) in [5.41, 5.74) is 7.76. The van der Waals surface area contributed by atoms with Crippen molar-refractivity contribution >= 4 is 22.3 Å². The number of nitrogen functional groups attached to an aromatic ring is 1. The van der Waals surface area contributed by atoms with Crippen LogP contribution in [0.3, 0.4) is 0 Å². The number of hydrogen-bond donors (Lipinski definition) is 1. The fourth-order valence-corrected chi connectivity index (χ4v) is 3.19. The predicted octanol–water partition coefficient (Wildman–Crippen LogP) is 0.752. The van der Waals surface area contributed by atoms with Crippen molar-refractivity contribution in [1.82, 2.24) is 9.78 Å². The minimum atomic E-state index is -0.657. The average Bonchev–Trinajstić information content (AvgIpc) is 2.57. The van der Waals surface area contributed by atoms with Gasteiger partial charge in [-0.1, -0.05) is 6.92 Å². The topological polar surface area (TPSA) is 64.2 Å². The average molecular weight is 256 g/mol. The molecule has 0 unspecified atom stereocenters. The van der Waals surface area contributed by atoms with E-state index in [1.54, 1.807) is 0 Å². The molecule has 0 aliphatic carbocycles. The highest BCUT2D eigenvalue weighted by molar-refractivity contribution is 7.85. The van der Waals surface area contributed by atoms with Crippen LogP contribution in [0.25, 0.3) is 0 Å². The Morgan fingerprint density at radius 3 is 2.65 bits per heavy atom. The zero-order chi connectivity index (χ0) is 12.4. The third-order valence-electron chi connectivity index (χ3n) is 3.06. The Kier molecular flexibility index (Phi) is 3.71. The largest absolute Gasteiger partial charge is 0.394 e. The number of aromatic nitrogens is 2. The lowest BCUT2D eigenvalue weighted by molar-refractivity contribution is 0.586. The van der Waals surface area contributed by atoms with E-state index in [1.165, 1.54) is 0 Å². The molecule has 0 saturated carbocycles. The number of anilines is 2. The van der Waals surface area contributed by atoms with Gasteiger partial charge >= 0.3 is 0 Å². The SMILES string of the molecule is CCCn1nc(C)c(N)c1N1CCS(=O)CC1. The second kappa shape index (κ2) is 5.08. The van der Waals surface area contributed by atoms with Crippen molar-refractivity contribution in [3.8, 4) is 0 Å². The summed E-state index contributed by atoms with van der Waals surface area (Å²) in [6, 6.07) is 0. The molecule has 0 radical (unpaired) electrons. The summed E-state index contributed by atoms with van der Waals surface area (Å²) in [5.74, 6) is 2.48. The second-order valence-electron chi connectivity index (χ2n) is 4.38. The lowest BCUT2D eigenvalue weighted by Gasteiger charge is -2.29. The van der Waals surface area contributed by atoms with E-state index >= 15 is 0 Å². The summed E-state index contributed by atoms with van der Waals surface area (Å²) in [4.78, 5) is 2.21. The van der Waals surface area contributed by atoms with E-state index in [-0.39, 0.29) is 0 Å². The quantitative estimate of drug-likeness (QED) is 0.867. The Balaban J connectivity index is 2.26. The summed E-state index contributed by atoms with van der Waals surface area (Å²) in [6.07, 6.45) is 1.04. The zero-order valence-corrected chi connectivity index (χ0v) is 11.3. The van der Waals surface area contributed by atoms with Crippen LogP contribution >= 0.6 is 0 Å². The van der Waals surface area contributed by atoms with E-state index < -0.39 is 10.8 Å². The van der Waals surface area contributed by atoms with Crippen LogP contribution in [0.15, 0.2) is 0 Å². The molecule has 5 nitrogen and oxygen atoms in total. The molecule has 0 atom stereocenters. The maximum atomic E-state index is 11.4. The van der Waals surface area contributed by atoms with Crippen molar-refractivity contribution in [1.29, 1.82) is 0 Å². The molecule has 1 aliphatic rings. The summed E-state index contributed by atoms with van der Waals surface area (Å²) in [6.45, 7) is 6.57. The fourth-order valence-electron chi connectivity index (χ4n) is 2.13. The number of nitrogens with two attached hydrogens (primary N) is 1. The number of aryl methyl sites for hydroxylation is 2. The van der Waals surface area contributed by atoms with Crippen molar-refractivity contribution in [2.24, 2.45) is 0 Å². The van der Waals surface area contributed by atoms with Crippen LogP contribution < -0.4 is 10.6 Å². The Hall–Kier alpha value is -1.04. The molecule has 1 fully saturated rings. The molecule has 0 amide bonds. The smallest absolute Gasteiger partial charge is 0.150 e. The molecule has 0 bridgehead atoms. The van der Waals surface area contributed by atoms with Crippen molar-refractivity contribution in [3.63, 3.8) is 0 Å². The number of nitrogens with zero attached hydrogens (tertiary/aromatic N) is 3. The van der Waals surface area contributed by atoms with Gasteiger partial charge in [0.15, 0.2) is 5.82 Å². The van der Waals surface area contributed by atoms with Crippen molar-refractivity contribution < 1.29 is 4.21 Å². The first-order valence-corrected chi connectivity index (χ1v) is 7.55. The first-order valence-electron chi connectivity index (χ1n) is 6.06. The van der Waals surface area contributed by atoms with Gasteiger partial charge < -0.3 is 10.6 Å². The van der Waals surface area contributed by atoms with E-state index in [2.05, 4.69) is 16.9 Å². The maximum absolute atomic E-state index is 11.4. The van der Waals surface area contributed by atoms with Gasteiger partial charge in [-0.05, 0) is 13.3 Å². The molecule has 1 saturated heterocycles. The Labute approximate surface area is 104 Å². The zero-order valence-electron chi connectivity index (χ0n) is 10.5. The molecule has 0 spiro atoms. The first-order chi connectivity index (χ1) is 8.13. The van der Waals surface area contributed by atoms with Crippen LogP contribution in [0.1, 0.15) is 19.0 Å². The molecule has 2 rings (SSSR count). The lowest BCUT2D eigenvalue weighted by atomic mass is 10.3. The Bertz CT molecular complexity index is 419. The van der Waals surface area contributed by atoms with E-state index in [9.17, 15) is 4.21 Å². The Morgan fingerprint density at radius 2 is 2.06 bits per heavy atom. The summed E-state index contributed by atoms with van der Waals surface area (Å²) in [5, 5.41) is 4.47. The van der Waals surface area contributed by atoms with E-state index in [4.69, 9.17) is 5.73 Å². The highest BCUT2D eigenvalue weighted by atomic mass is 32.2. The van der Waals surface area contributed by atoms with Gasteiger partial charge in [-0.25, -0.2) is 4.68 Å². The number of rotatable bonds is 3. The molecule has 96 valence electrons. The molecule has 1 aliphatic heterocycles. The van der Waals surface area contributed by atoms with Crippen LogP contribution in [0.2, 0.25) is 0 Å². The maximum Gasteiger partial charge on any atom is 0.150 e. The first kappa shape index (κ1) is 12.4. The monoisotopic (exact) mass is 256 g/mol. The minimum Gasteiger partial charge on any atom is -0.394 e. The Morgan fingerprint density at radius 1 is 1.41 bits per heavy atom. The summed E-state index contributed by atoms with van der Waals surface area (Å²) >= 11 is 0. The lowest BCUT2D eigenvalue weighted by Crippen LogP contribution is -2.39. The molecular weight excluding hydrogens is 236 g/mol. The molecule has 1 aromatic heterocycles. The molecule has 1 aromatic rings. The van der Waals surface area contributed by atoms with Crippen LogP contribution in [-0.2, 0) is 17.3 Å². The molecule has 6 heteroatoms. The second-order valence-corrected chi connectivity index (χ2v) is 6.08. The van der Waals surface area contributed by atoms with Gasteiger partial charge in [-0.15, -0.1) is 0 Å². The third kappa shape index (κ3) is 2.46. The van der Waals surface area contributed by atoms with E-state index in [1.807, 2.05) is 11.6 Å². The summed E-state index contributed by atoms with van der Waals surface area (Å²) in [7, 11) is -0.657. The fraction of sp³-hybridized carbons (Fsp3) is 0.727. The van der Waals surface area contributed by atoms with Gasteiger partial charge in [0, 0.05) is 41.9 Å². The van der Waals surface area contributed by atoms with Crippen molar-refractivity contribution in [3.05, 3.63) is 5.69 Å². The molecular formula is C11H20N4OS. The van der Waals surface area contributed by atoms with Crippen LogP contribution in [0.5, 0.6) is 0 Å². The van der Waals surface area contributed by atoms with E-state index in [0.29, 0.717) is 0 Å². The predicted molar refractivity (Wildman–Crippen MR) is 71.8 cm³/mol. The van der Waals surface area contributed by atoms with Gasteiger partial charge in [0.1, 0.15) is 0 Å². The molecule has 0 aromatic carbocycles.